The standard InChI is InChI=1S/C15H17BrFN3O/c1-2-18-15(20-10-13-4-3-7-21-13)19-9-11-5-6-12(16)8-14(11)17/h3-8H,2,9-10H2,1H3,(H2,18,19,20). The molecule has 0 aliphatic rings. The molecular weight excluding hydrogens is 337 g/mol. The molecule has 112 valence electrons. The first-order valence-corrected chi connectivity index (χ1v) is 7.47. The van der Waals surface area contributed by atoms with E-state index in [1.165, 1.54) is 6.07 Å². The third-order valence-electron chi connectivity index (χ3n) is 2.78. The highest BCUT2D eigenvalue weighted by Crippen LogP contribution is 2.15. The number of rotatable bonds is 5. The number of hydrogen-bond acceptors (Lipinski definition) is 2. The highest BCUT2D eigenvalue weighted by molar-refractivity contribution is 9.10. The van der Waals surface area contributed by atoms with Gasteiger partial charge in [0.2, 0.25) is 0 Å². The minimum absolute atomic E-state index is 0.269. The van der Waals surface area contributed by atoms with E-state index in [9.17, 15) is 4.39 Å². The van der Waals surface area contributed by atoms with E-state index in [1.807, 2.05) is 19.1 Å². The number of nitrogens with one attached hydrogen (secondary N) is 2. The smallest absolute Gasteiger partial charge is 0.191 e. The molecule has 0 aliphatic heterocycles. The van der Waals surface area contributed by atoms with E-state index in [-0.39, 0.29) is 12.4 Å². The maximum Gasteiger partial charge on any atom is 0.191 e. The van der Waals surface area contributed by atoms with Crippen molar-refractivity contribution < 1.29 is 8.81 Å². The molecule has 1 aromatic carbocycles. The summed E-state index contributed by atoms with van der Waals surface area (Å²) in [5, 5.41) is 6.25. The topological polar surface area (TPSA) is 49.6 Å². The van der Waals surface area contributed by atoms with E-state index in [4.69, 9.17) is 4.42 Å². The average Bonchev–Trinajstić information content (AvgIpc) is 2.96. The van der Waals surface area contributed by atoms with Crippen molar-refractivity contribution in [1.82, 2.24) is 10.6 Å². The molecule has 4 nitrogen and oxygen atoms in total. The summed E-state index contributed by atoms with van der Waals surface area (Å²) in [5.41, 5.74) is 0.549. The Bertz CT molecular complexity index is 599. The summed E-state index contributed by atoms with van der Waals surface area (Å²) in [5.74, 6) is 1.17. The molecule has 0 saturated heterocycles. The molecule has 21 heavy (non-hydrogen) atoms. The van der Waals surface area contributed by atoms with Gasteiger partial charge in [-0.15, -0.1) is 0 Å². The Morgan fingerprint density at radius 1 is 1.33 bits per heavy atom. The fraction of sp³-hybridized carbons (Fsp3) is 0.267. The molecule has 1 heterocycles. The Hall–Kier alpha value is -1.82. The quantitative estimate of drug-likeness (QED) is 0.639. The average molecular weight is 354 g/mol. The van der Waals surface area contributed by atoms with Gasteiger partial charge in [-0.05, 0) is 31.2 Å². The summed E-state index contributed by atoms with van der Waals surface area (Å²) in [6, 6.07) is 8.67. The molecule has 0 atom stereocenters. The number of nitrogens with zero attached hydrogens (tertiary/aromatic N) is 1. The Morgan fingerprint density at radius 2 is 2.19 bits per heavy atom. The summed E-state index contributed by atoms with van der Waals surface area (Å²) in [4.78, 5) is 4.37. The Balaban J connectivity index is 1.99. The normalized spacial score (nSPS) is 11.5. The van der Waals surface area contributed by atoms with Gasteiger partial charge in [-0.3, -0.25) is 0 Å². The van der Waals surface area contributed by atoms with Gasteiger partial charge in [0.15, 0.2) is 5.96 Å². The lowest BCUT2D eigenvalue weighted by atomic mass is 10.2. The first-order chi connectivity index (χ1) is 10.2. The fourth-order valence-electron chi connectivity index (χ4n) is 1.74. The SMILES string of the molecule is CCNC(=NCc1ccc(Br)cc1F)NCc1ccco1. The van der Waals surface area contributed by atoms with Crippen molar-refractivity contribution in [3.63, 3.8) is 0 Å². The fourth-order valence-corrected chi connectivity index (χ4v) is 2.07. The predicted octanol–water partition coefficient (Wildman–Crippen LogP) is 3.44. The van der Waals surface area contributed by atoms with Crippen molar-refractivity contribution >= 4 is 21.9 Å². The third-order valence-corrected chi connectivity index (χ3v) is 3.27. The lowest BCUT2D eigenvalue weighted by molar-refractivity contribution is 0.501. The number of furan rings is 1. The van der Waals surface area contributed by atoms with Crippen LogP contribution in [0.25, 0.3) is 0 Å². The molecule has 2 aromatic rings. The van der Waals surface area contributed by atoms with E-state index < -0.39 is 0 Å². The highest BCUT2D eigenvalue weighted by atomic mass is 79.9. The minimum Gasteiger partial charge on any atom is -0.467 e. The third kappa shape index (κ3) is 4.90. The van der Waals surface area contributed by atoms with Crippen LogP contribution in [-0.2, 0) is 13.1 Å². The Morgan fingerprint density at radius 3 is 2.86 bits per heavy atom. The van der Waals surface area contributed by atoms with Gasteiger partial charge in [-0.1, -0.05) is 22.0 Å². The zero-order valence-corrected chi connectivity index (χ0v) is 13.3. The summed E-state index contributed by atoms with van der Waals surface area (Å²) < 4.78 is 19.7. The van der Waals surface area contributed by atoms with Crippen molar-refractivity contribution in [3.05, 3.63) is 58.2 Å². The molecule has 0 amide bonds. The molecule has 1 aromatic heterocycles. The summed E-state index contributed by atoms with van der Waals surface area (Å²) in [7, 11) is 0. The van der Waals surface area contributed by atoms with Crippen LogP contribution in [0.2, 0.25) is 0 Å². The zero-order chi connectivity index (χ0) is 15.1. The van der Waals surface area contributed by atoms with Crippen LogP contribution in [0, 0.1) is 5.82 Å². The van der Waals surface area contributed by atoms with Crippen LogP contribution in [0.1, 0.15) is 18.2 Å². The molecule has 6 heteroatoms. The molecule has 2 N–H and O–H groups in total. The number of aliphatic imine (C=N–C) groups is 1. The van der Waals surface area contributed by atoms with Crippen LogP contribution in [0.4, 0.5) is 4.39 Å². The second-order valence-corrected chi connectivity index (χ2v) is 5.28. The van der Waals surface area contributed by atoms with Crippen molar-refractivity contribution in [1.29, 1.82) is 0 Å². The molecule has 0 radical (unpaired) electrons. The van der Waals surface area contributed by atoms with Gasteiger partial charge in [0.05, 0.1) is 19.4 Å². The van der Waals surface area contributed by atoms with Crippen LogP contribution in [0.15, 0.2) is 50.5 Å². The van der Waals surface area contributed by atoms with Gasteiger partial charge in [0.1, 0.15) is 11.6 Å². The maximum absolute atomic E-state index is 13.7. The van der Waals surface area contributed by atoms with Crippen LogP contribution >= 0.6 is 15.9 Å². The minimum atomic E-state index is -0.269. The zero-order valence-electron chi connectivity index (χ0n) is 11.7. The van der Waals surface area contributed by atoms with Crippen LogP contribution in [0.3, 0.4) is 0 Å². The Labute approximate surface area is 131 Å². The van der Waals surface area contributed by atoms with E-state index in [2.05, 4.69) is 31.6 Å². The number of hydrogen-bond donors (Lipinski definition) is 2. The van der Waals surface area contributed by atoms with Crippen molar-refractivity contribution in [3.8, 4) is 0 Å². The highest BCUT2D eigenvalue weighted by Gasteiger charge is 2.04. The van der Waals surface area contributed by atoms with E-state index in [1.54, 1.807) is 18.4 Å². The number of benzene rings is 1. The first kappa shape index (κ1) is 15.6. The van der Waals surface area contributed by atoms with E-state index >= 15 is 0 Å². The molecule has 2 rings (SSSR count). The first-order valence-electron chi connectivity index (χ1n) is 6.67. The van der Waals surface area contributed by atoms with Gasteiger partial charge < -0.3 is 15.1 Å². The van der Waals surface area contributed by atoms with Crippen LogP contribution in [-0.4, -0.2) is 12.5 Å². The van der Waals surface area contributed by atoms with Gasteiger partial charge in [0.25, 0.3) is 0 Å². The molecule has 0 spiro atoms. The summed E-state index contributed by atoms with van der Waals surface area (Å²) >= 11 is 3.24. The molecule has 0 fully saturated rings. The van der Waals surface area contributed by atoms with Crippen LogP contribution in [0.5, 0.6) is 0 Å². The summed E-state index contributed by atoms with van der Waals surface area (Å²) in [6.07, 6.45) is 1.62. The molecule has 0 unspecified atom stereocenters. The van der Waals surface area contributed by atoms with Crippen LogP contribution < -0.4 is 10.6 Å². The maximum atomic E-state index is 13.7. The largest absolute Gasteiger partial charge is 0.467 e. The predicted molar refractivity (Wildman–Crippen MR) is 84.5 cm³/mol. The summed E-state index contributed by atoms with van der Waals surface area (Å²) in [6.45, 7) is 3.51. The van der Waals surface area contributed by atoms with Gasteiger partial charge in [-0.2, -0.15) is 0 Å². The lowest BCUT2D eigenvalue weighted by Gasteiger charge is -2.10. The molecular formula is C15H17BrFN3O. The molecule has 0 aliphatic carbocycles. The van der Waals surface area contributed by atoms with Crippen molar-refractivity contribution in [2.24, 2.45) is 4.99 Å². The van der Waals surface area contributed by atoms with E-state index in [0.29, 0.717) is 18.1 Å². The molecule has 0 bridgehead atoms. The van der Waals surface area contributed by atoms with E-state index in [0.717, 1.165) is 16.8 Å². The molecule has 0 saturated carbocycles. The second-order valence-electron chi connectivity index (χ2n) is 4.36. The number of halogens is 2. The van der Waals surface area contributed by atoms with Crippen molar-refractivity contribution in [2.75, 3.05) is 6.54 Å². The number of guanidine groups is 1. The lowest BCUT2D eigenvalue weighted by Crippen LogP contribution is -2.36. The second kappa shape index (κ2) is 7.83. The van der Waals surface area contributed by atoms with Crippen molar-refractivity contribution in [2.45, 2.75) is 20.0 Å². The van der Waals surface area contributed by atoms with Gasteiger partial charge >= 0.3 is 0 Å². The van der Waals surface area contributed by atoms with Gasteiger partial charge in [0, 0.05) is 16.6 Å². The monoisotopic (exact) mass is 353 g/mol. The Kier molecular flexibility index (Phi) is 5.80. The van der Waals surface area contributed by atoms with Gasteiger partial charge in [-0.25, -0.2) is 9.38 Å².